The lowest BCUT2D eigenvalue weighted by molar-refractivity contribution is -0.118. The molecule has 3 aromatic carbocycles. The Morgan fingerprint density at radius 1 is 1.11 bits per heavy atom. The highest BCUT2D eigenvalue weighted by Gasteiger charge is 2.18. The lowest BCUT2D eigenvalue weighted by Gasteiger charge is -2.29. The van der Waals surface area contributed by atoms with Crippen molar-refractivity contribution in [2.75, 3.05) is 41.4 Å². The van der Waals surface area contributed by atoms with E-state index in [0.29, 0.717) is 33.3 Å². The molecule has 1 heterocycles. The summed E-state index contributed by atoms with van der Waals surface area (Å²) >= 11 is 6.11. The minimum atomic E-state index is -0.743. The van der Waals surface area contributed by atoms with Crippen molar-refractivity contribution in [2.45, 2.75) is 6.92 Å². The zero-order valence-electron chi connectivity index (χ0n) is 19.6. The molecule has 0 bridgehead atoms. The van der Waals surface area contributed by atoms with Crippen LogP contribution >= 0.6 is 11.6 Å². The van der Waals surface area contributed by atoms with Crippen molar-refractivity contribution in [3.8, 4) is 11.8 Å². The molecule has 0 aliphatic carbocycles. The summed E-state index contributed by atoms with van der Waals surface area (Å²) < 4.78 is 17.3. The predicted octanol–water partition coefficient (Wildman–Crippen LogP) is 4.34. The van der Waals surface area contributed by atoms with Crippen molar-refractivity contribution in [2.24, 2.45) is 0 Å². The van der Waals surface area contributed by atoms with E-state index < -0.39 is 10.8 Å². The molecule has 0 aromatic heterocycles. The zero-order valence-corrected chi connectivity index (χ0v) is 21.2. The van der Waals surface area contributed by atoms with Gasteiger partial charge < -0.3 is 15.0 Å². The Labute approximate surface area is 217 Å². The van der Waals surface area contributed by atoms with Crippen LogP contribution < -0.4 is 15.0 Å². The number of nitriles is 1. The van der Waals surface area contributed by atoms with Crippen LogP contribution in [0.5, 0.6) is 5.75 Å². The fourth-order valence-corrected chi connectivity index (χ4v) is 5.13. The number of hydrogen-bond donors (Lipinski definition) is 1. The summed E-state index contributed by atoms with van der Waals surface area (Å²) in [6.45, 7) is 3.09. The molecule has 1 aliphatic rings. The minimum absolute atomic E-state index is 0.202. The Morgan fingerprint density at radius 3 is 2.61 bits per heavy atom. The SMILES string of the molecule is Cc1cc(N2CCS(=O)CC2)ccc1NC(=O)COc1ccc(Cl)cc1C(=O)c1cccc(C#N)c1. The van der Waals surface area contributed by atoms with Crippen LogP contribution in [-0.2, 0) is 15.6 Å². The number of anilines is 2. The van der Waals surface area contributed by atoms with Crippen LogP contribution in [0.1, 0.15) is 27.0 Å². The number of hydrogen-bond acceptors (Lipinski definition) is 6. The van der Waals surface area contributed by atoms with Crippen LogP contribution in [-0.4, -0.2) is 47.1 Å². The van der Waals surface area contributed by atoms with Crippen LogP contribution in [0.2, 0.25) is 5.02 Å². The Balaban J connectivity index is 1.43. The molecule has 1 aliphatic heterocycles. The zero-order chi connectivity index (χ0) is 25.7. The van der Waals surface area contributed by atoms with Gasteiger partial charge in [0.1, 0.15) is 5.75 Å². The van der Waals surface area contributed by atoms with Crippen molar-refractivity contribution in [3.63, 3.8) is 0 Å². The monoisotopic (exact) mass is 521 g/mol. The lowest BCUT2D eigenvalue weighted by Crippen LogP contribution is -2.37. The molecule has 184 valence electrons. The first-order valence-electron chi connectivity index (χ1n) is 11.3. The molecule has 7 nitrogen and oxygen atoms in total. The first-order valence-corrected chi connectivity index (χ1v) is 13.2. The molecule has 9 heteroatoms. The van der Waals surface area contributed by atoms with Crippen molar-refractivity contribution in [3.05, 3.63) is 87.9 Å². The van der Waals surface area contributed by atoms with Gasteiger partial charge in [-0.05, 0) is 61.0 Å². The van der Waals surface area contributed by atoms with Gasteiger partial charge in [0, 0.05) is 57.4 Å². The Hall–Kier alpha value is -3.67. The maximum absolute atomic E-state index is 13.1. The van der Waals surface area contributed by atoms with Gasteiger partial charge in [0.2, 0.25) is 0 Å². The topological polar surface area (TPSA) is 99.5 Å². The molecule has 0 radical (unpaired) electrons. The molecular formula is C27H24ClN3O4S. The highest BCUT2D eigenvalue weighted by molar-refractivity contribution is 7.85. The maximum Gasteiger partial charge on any atom is 0.262 e. The smallest absolute Gasteiger partial charge is 0.262 e. The molecule has 1 N–H and O–H groups in total. The predicted molar refractivity (Wildman–Crippen MR) is 141 cm³/mol. The van der Waals surface area contributed by atoms with E-state index in [-0.39, 0.29) is 29.6 Å². The average Bonchev–Trinajstić information content (AvgIpc) is 2.89. The van der Waals surface area contributed by atoms with Crippen molar-refractivity contribution >= 4 is 45.5 Å². The van der Waals surface area contributed by atoms with Gasteiger partial charge >= 0.3 is 0 Å². The minimum Gasteiger partial charge on any atom is -0.483 e. The van der Waals surface area contributed by atoms with E-state index in [1.54, 1.807) is 30.3 Å². The normalized spacial score (nSPS) is 13.6. The number of carbonyl (C=O) groups is 2. The largest absolute Gasteiger partial charge is 0.483 e. The number of halogens is 1. The van der Waals surface area contributed by atoms with Crippen LogP contribution in [0, 0.1) is 18.3 Å². The summed E-state index contributed by atoms with van der Waals surface area (Å²) in [6, 6.07) is 18.7. The summed E-state index contributed by atoms with van der Waals surface area (Å²) in [5.74, 6) is 0.801. The number of carbonyl (C=O) groups excluding carboxylic acids is 2. The molecule has 0 unspecified atom stereocenters. The lowest BCUT2D eigenvalue weighted by atomic mass is 10.0. The molecule has 1 saturated heterocycles. The summed E-state index contributed by atoms with van der Waals surface area (Å²) in [4.78, 5) is 27.9. The third-order valence-corrected chi connectivity index (χ3v) is 7.34. The number of ether oxygens (including phenoxy) is 1. The van der Waals surface area contributed by atoms with Gasteiger partial charge in [0.05, 0.1) is 17.2 Å². The van der Waals surface area contributed by atoms with Crippen molar-refractivity contribution < 1.29 is 18.5 Å². The number of benzene rings is 3. The summed E-state index contributed by atoms with van der Waals surface area (Å²) in [5.41, 5.74) is 3.47. The van der Waals surface area contributed by atoms with Gasteiger partial charge in [0.15, 0.2) is 12.4 Å². The molecule has 1 fully saturated rings. The Kier molecular flexibility index (Phi) is 8.04. The number of nitrogens with zero attached hydrogens (tertiary/aromatic N) is 2. The first-order chi connectivity index (χ1) is 17.3. The van der Waals surface area contributed by atoms with Crippen LogP contribution in [0.15, 0.2) is 60.7 Å². The average molecular weight is 522 g/mol. The number of aryl methyl sites for hydroxylation is 1. The maximum atomic E-state index is 13.1. The van der Waals surface area contributed by atoms with Crippen molar-refractivity contribution in [1.29, 1.82) is 5.26 Å². The molecule has 0 spiro atoms. The van der Waals surface area contributed by atoms with Gasteiger partial charge in [-0.3, -0.25) is 13.8 Å². The number of nitrogens with one attached hydrogen (secondary N) is 1. The third-order valence-electron chi connectivity index (χ3n) is 5.83. The second-order valence-corrected chi connectivity index (χ2v) is 10.5. The van der Waals surface area contributed by atoms with E-state index in [9.17, 15) is 13.8 Å². The standard InChI is InChI=1S/C27H24ClN3O4S/c1-18-13-22(31-9-11-36(34)12-10-31)6-7-24(18)30-26(32)17-35-25-8-5-21(28)15-23(25)27(33)20-4-2-3-19(14-20)16-29/h2-8,13-15H,9-12,17H2,1H3,(H,30,32). The van der Waals surface area contributed by atoms with E-state index in [2.05, 4.69) is 10.2 Å². The van der Waals surface area contributed by atoms with Gasteiger partial charge in [0.25, 0.3) is 5.91 Å². The van der Waals surface area contributed by atoms with Gasteiger partial charge in [-0.1, -0.05) is 23.7 Å². The van der Waals surface area contributed by atoms with E-state index in [4.69, 9.17) is 21.6 Å². The fourth-order valence-electron chi connectivity index (χ4n) is 3.90. The van der Waals surface area contributed by atoms with Gasteiger partial charge in [-0.2, -0.15) is 5.26 Å². The highest BCUT2D eigenvalue weighted by atomic mass is 35.5. The van der Waals surface area contributed by atoms with E-state index in [1.165, 1.54) is 12.1 Å². The molecule has 0 atom stereocenters. The first kappa shape index (κ1) is 25.4. The number of rotatable bonds is 7. The molecule has 36 heavy (non-hydrogen) atoms. The third kappa shape index (κ3) is 6.11. The van der Waals surface area contributed by atoms with Gasteiger partial charge in [-0.25, -0.2) is 0 Å². The number of ketones is 1. The summed E-state index contributed by atoms with van der Waals surface area (Å²) in [5, 5.41) is 12.3. The van der Waals surface area contributed by atoms with Crippen LogP contribution in [0.4, 0.5) is 11.4 Å². The van der Waals surface area contributed by atoms with E-state index in [0.717, 1.165) is 24.3 Å². The highest BCUT2D eigenvalue weighted by Crippen LogP contribution is 2.27. The van der Waals surface area contributed by atoms with E-state index >= 15 is 0 Å². The number of amides is 1. The van der Waals surface area contributed by atoms with Crippen LogP contribution in [0.3, 0.4) is 0 Å². The fraction of sp³-hybridized carbons (Fsp3) is 0.222. The molecule has 0 saturated carbocycles. The Bertz CT molecular complexity index is 1380. The second kappa shape index (κ2) is 11.4. The molecule has 3 aromatic rings. The van der Waals surface area contributed by atoms with Crippen molar-refractivity contribution in [1.82, 2.24) is 0 Å². The van der Waals surface area contributed by atoms with Gasteiger partial charge in [-0.15, -0.1) is 0 Å². The quantitative estimate of drug-likeness (QED) is 0.464. The van der Waals surface area contributed by atoms with E-state index in [1.807, 2.05) is 31.2 Å². The summed E-state index contributed by atoms with van der Waals surface area (Å²) in [6.07, 6.45) is 0. The summed E-state index contributed by atoms with van der Waals surface area (Å²) in [7, 11) is -0.743. The van der Waals surface area contributed by atoms with Crippen LogP contribution in [0.25, 0.3) is 0 Å². The molecule has 4 rings (SSSR count). The Morgan fingerprint density at radius 2 is 1.89 bits per heavy atom. The second-order valence-electron chi connectivity index (χ2n) is 8.33. The molecule has 1 amide bonds. The molecular weight excluding hydrogens is 498 g/mol.